The van der Waals surface area contributed by atoms with Crippen molar-refractivity contribution in [2.75, 3.05) is 63.9 Å². The van der Waals surface area contributed by atoms with Gasteiger partial charge >= 0.3 is 18.3 Å². The Hall–Kier alpha value is -5.31. The lowest BCUT2D eigenvalue weighted by atomic mass is 9.73. The predicted molar refractivity (Wildman–Crippen MR) is 221 cm³/mol. The number of piperazine rings is 1. The van der Waals surface area contributed by atoms with E-state index >= 15 is 17.6 Å². The molecule has 2 fully saturated rings. The Kier molecular flexibility index (Phi) is 12.6. The third kappa shape index (κ3) is 9.05. The second-order valence-corrected chi connectivity index (χ2v) is 16.5. The summed E-state index contributed by atoms with van der Waals surface area (Å²) in [4.78, 5) is 29.0. The van der Waals surface area contributed by atoms with Crippen LogP contribution in [0.25, 0.3) is 0 Å². The van der Waals surface area contributed by atoms with Gasteiger partial charge in [-0.1, -0.05) is 31.2 Å². The van der Waals surface area contributed by atoms with E-state index in [2.05, 4.69) is 4.90 Å². The predicted octanol–water partition coefficient (Wildman–Crippen LogP) is 8.35. The number of likely N-dealkylation sites (N-methyl/N-ethyl adjacent to an activating group) is 1. The van der Waals surface area contributed by atoms with Gasteiger partial charge in [-0.05, 0) is 112 Å². The highest BCUT2D eigenvalue weighted by atomic mass is 19.4. The molecule has 1 N–H and O–H groups in total. The number of ether oxygens (including phenoxy) is 3. The molecule has 60 heavy (non-hydrogen) atoms. The number of hydrogen-bond acceptors (Lipinski definition) is 9. The van der Waals surface area contributed by atoms with Crippen molar-refractivity contribution >= 4 is 17.6 Å². The van der Waals surface area contributed by atoms with E-state index < -0.39 is 35.5 Å². The maximum atomic E-state index is 17.7. The zero-order valence-electron chi connectivity index (χ0n) is 35.1. The smallest absolute Gasteiger partial charge is 0.417 e. The summed E-state index contributed by atoms with van der Waals surface area (Å²) in [6.07, 6.45) is -3.55. The number of rotatable bonds is 12. The fourth-order valence-electron chi connectivity index (χ4n) is 9.13. The van der Waals surface area contributed by atoms with Crippen LogP contribution in [0.15, 0.2) is 54.6 Å². The molecule has 0 saturated carbocycles. The van der Waals surface area contributed by atoms with Gasteiger partial charge in [0, 0.05) is 55.9 Å². The van der Waals surface area contributed by atoms with Crippen molar-refractivity contribution in [3.8, 4) is 17.5 Å². The van der Waals surface area contributed by atoms with Crippen molar-refractivity contribution in [1.29, 1.82) is 0 Å². The van der Waals surface area contributed by atoms with Crippen LogP contribution in [0.2, 0.25) is 0 Å². The molecule has 2 aliphatic heterocycles. The standard InChI is InChI=1S/C45H54F4N6O5/c1-27-20-36-37(50-43(60-26-32-8-7-17-52(32)4)51-42(36)55-19-18-53(44(56)57)23-29(55)3)22-35(27)39-40(45(47,48)49)28(2)21-38(41(39)46)54(24-30-9-13-33(58-5)14-10-30)25-31-11-15-34(59-6)16-12-31/h9-16,21,27,29,32,35H,7-8,17-20,22-26H2,1-6H3,(H,56,57)/t27-,29?,32?,35+/m1/s1. The van der Waals surface area contributed by atoms with Crippen LogP contribution < -0.4 is 24.0 Å². The van der Waals surface area contributed by atoms with E-state index in [4.69, 9.17) is 24.2 Å². The maximum absolute atomic E-state index is 17.7. The number of nitrogens with zero attached hydrogens (tertiary/aromatic N) is 6. The minimum atomic E-state index is -4.84. The highest BCUT2D eigenvalue weighted by Gasteiger charge is 2.44. The molecule has 3 heterocycles. The zero-order valence-corrected chi connectivity index (χ0v) is 35.1. The van der Waals surface area contributed by atoms with Crippen LogP contribution in [-0.4, -0.2) is 97.1 Å². The Balaban J connectivity index is 1.32. The minimum absolute atomic E-state index is 0.0229. The molecule has 15 heteroatoms. The number of anilines is 2. The second kappa shape index (κ2) is 17.7. The van der Waals surface area contributed by atoms with Crippen molar-refractivity contribution in [1.82, 2.24) is 19.8 Å². The normalized spacial score (nSPS) is 20.8. The van der Waals surface area contributed by atoms with E-state index in [0.717, 1.165) is 36.1 Å². The average molecular weight is 835 g/mol. The average Bonchev–Trinajstić information content (AvgIpc) is 3.64. The first-order valence-electron chi connectivity index (χ1n) is 20.5. The van der Waals surface area contributed by atoms with E-state index in [1.54, 1.807) is 43.4 Å². The van der Waals surface area contributed by atoms with Crippen LogP contribution in [0.4, 0.5) is 33.9 Å². The van der Waals surface area contributed by atoms with Crippen LogP contribution >= 0.6 is 0 Å². The van der Waals surface area contributed by atoms with Gasteiger partial charge in [-0.15, -0.1) is 0 Å². The van der Waals surface area contributed by atoms with E-state index in [1.165, 1.54) is 17.9 Å². The topological polar surface area (TPSA) is 104 Å². The number of halogens is 4. The molecule has 3 aromatic carbocycles. The summed E-state index contributed by atoms with van der Waals surface area (Å²) < 4.78 is 80.6. The molecule has 0 spiro atoms. The van der Waals surface area contributed by atoms with Gasteiger partial charge < -0.3 is 38.9 Å². The van der Waals surface area contributed by atoms with Crippen LogP contribution in [0.1, 0.15) is 71.7 Å². The highest BCUT2D eigenvalue weighted by Crippen LogP contribution is 2.48. The van der Waals surface area contributed by atoms with Gasteiger partial charge in [0.15, 0.2) is 5.82 Å². The summed E-state index contributed by atoms with van der Waals surface area (Å²) >= 11 is 0. The van der Waals surface area contributed by atoms with Gasteiger partial charge in [-0.3, -0.25) is 0 Å². The minimum Gasteiger partial charge on any atom is -0.497 e. The van der Waals surface area contributed by atoms with Crippen molar-refractivity contribution in [3.63, 3.8) is 0 Å². The third-order valence-electron chi connectivity index (χ3n) is 12.5. The summed E-state index contributed by atoms with van der Waals surface area (Å²) in [5, 5.41) is 9.71. The monoisotopic (exact) mass is 834 g/mol. The molecule has 11 nitrogen and oxygen atoms in total. The molecule has 7 rings (SSSR count). The number of carboxylic acid groups (broad SMARTS) is 1. The van der Waals surface area contributed by atoms with Crippen molar-refractivity contribution in [3.05, 3.63) is 99.5 Å². The number of alkyl halides is 3. The molecule has 4 aromatic rings. The largest absolute Gasteiger partial charge is 0.497 e. The van der Waals surface area contributed by atoms with Gasteiger partial charge in [0.1, 0.15) is 23.9 Å². The van der Waals surface area contributed by atoms with Crippen LogP contribution in [0, 0.1) is 18.7 Å². The molecule has 1 amide bonds. The molecule has 0 bridgehead atoms. The molecule has 322 valence electrons. The van der Waals surface area contributed by atoms with E-state index in [0.29, 0.717) is 36.2 Å². The SMILES string of the molecule is COc1ccc(CN(Cc2ccc(OC)cc2)c2cc(C)c(C(F)(F)F)c([C@H]3Cc4nc(OCC5CCCN5C)nc(N5CCN(C(=O)O)CC5C)c4C[C@H]3C)c2F)cc1. The number of aryl methyl sites for hydroxylation is 1. The molecule has 1 aliphatic carbocycles. The summed E-state index contributed by atoms with van der Waals surface area (Å²) in [6.45, 7) is 7.77. The van der Waals surface area contributed by atoms with Crippen molar-refractivity contribution < 1.29 is 41.7 Å². The number of methoxy groups -OCH3 is 2. The molecular formula is C45H54F4N6O5. The highest BCUT2D eigenvalue weighted by molar-refractivity contribution is 5.66. The van der Waals surface area contributed by atoms with Gasteiger partial charge in [0.25, 0.3) is 0 Å². The van der Waals surface area contributed by atoms with E-state index in [9.17, 15) is 9.90 Å². The number of amides is 1. The van der Waals surface area contributed by atoms with E-state index in [1.807, 2.05) is 50.1 Å². The van der Waals surface area contributed by atoms with Crippen LogP contribution in [-0.2, 0) is 32.1 Å². The number of fused-ring (bicyclic) bond motifs is 1. The lowest BCUT2D eigenvalue weighted by Crippen LogP contribution is -2.54. The molecule has 2 unspecified atom stereocenters. The Morgan fingerprint density at radius 1 is 0.933 bits per heavy atom. The Labute approximate surface area is 348 Å². The first-order valence-corrected chi connectivity index (χ1v) is 20.5. The molecule has 2 saturated heterocycles. The van der Waals surface area contributed by atoms with Crippen molar-refractivity contribution in [2.24, 2.45) is 5.92 Å². The van der Waals surface area contributed by atoms with Gasteiger partial charge in [-0.2, -0.15) is 23.1 Å². The lowest BCUT2D eigenvalue weighted by Gasteiger charge is -2.42. The first-order chi connectivity index (χ1) is 28.6. The number of carbonyl (C=O) groups is 1. The summed E-state index contributed by atoms with van der Waals surface area (Å²) in [7, 11) is 5.17. The van der Waals surface area contributed by atoms with Crippen LogP contribution in [0.5, 0.6) is 17.5 Å². The summed E-state index contributed by atoms with van der Waals surface area (Å²) in [5.41, 5.74) is 1.58. The molecule has 3 aliphatic rings. The zero-order chi connectivity index (χ0) is 42.9. The fraction of sp³-hybridized carbons (Fsp3) is 0.489. The lowest BCUT2D eigenvalue weighted by molar-refractivity contribution is -0.139. The summed E-state index contributed by atoms with van der Waals surface area (Å²) in [6, 6.07) is 16.0. The molecule has 1 aromatic heterocycles. The van der Waals surface area contributed by atoms with Gasteiger partial charge in [-0.25, -0.2) is 9.18 Å². The molecule has 0 radical (unpaired) electrons. The maximum Gasteiger partial charge on any atom is 0.417 e. The molecular weight excluding hydrogens is 781 g/mol. The van der Waals surface area contributed by atoms with Crippen LogP contribution in [0.3, 0.4) is 0 Å². The van der Waals surface area contributed by atoms with Gasteiger partial charge in [0.05, 0.1) is 31.2 Å². The number of benzene rings is 3. The quantitative estimate of drug-likeness (QED) is 0.140. The molecule has 4 atom stereocenters. The second-order valence-electron chi connectivity index (χ2n) is 16.5. The first kappa shape index (κ1) is 42.8. The number of aromatic nitrogens is 2. The number of likely N-dealkylation sites (tertiary alicyclic amines) is 1. The fourth-order valence-corrected chi connectivity index (χ4v) is 9.13. The Morgan fingerprint density at radius 2 is 1.57 bits per heavy atom. The summed E-state index contributed by atoms with van der Waals surface area (Å²) in [5.74, 6) is -0.373. The van der Waals surface area contributed by atoms with Crippen molar-refractivity contribution in [2.45, 2.75) is 83.7 Å². The van der Waals surface area contributed by atoms with E-state index in [-0.39, 0.29) is 73.9 Å². The Morgan fingerprint density at radius 3 is 2.10 bits per heavy atom. The third-order valence-corrected chi connectivity index (χ3v) is 12.5. The van der Waals surface area contributed by atoms with Gasteiger partial charge in [0.2, 0.25) is 0 Å². The number of hydrogen-bond donors (Lipinski definition) is 1. The Bertz CT molecular complexity index is 2100.